The van der Waals surface area contributed by atoms with Gasteiger partial charge >= 0.3 is 0 Å². The third-order valence-corrected chi connectivity index (χ3v) is 7.65. The van der Waals surface area contributed by atoms with Gasteiger partial charge in [0.2, 0.25) is 0 Å². The van der Waals surface area contributed by atoms with E-state index in [4.69, 9.17) is 21.6 Å². The Hall–Kier alpha value is -3.03. The van der Waals surface area contributed by atoms with Crippen molar-refractivity contribution in [2.24, 2.45) is 11.8 Å². The number of amides is 1. The molecule has 36 heavy (non-hydrogen) atoms. The monoisotopic (exact) mass is 563 g/mol. The van der Waals surface area contributed by atoms with Crippen LogP contribution in [-0.2, 0) is 6.54 Å². The Morgan fingerprint density at radius 3 is 2.61 bits per heavy atom. The standard InChI is InChI=1S/C28H27BrClN5O/c1-17-10-18(2)16-35(15-17)27-5-3-4-24(34-27)25-9-7-20-13-31-21(12-26(20)33-25)14-32-28(36)19-6-8-23(30)22(29)11-19/h3-9,11-13,17-18H,10,14-16H2,1-2H3,(H,32,36)/t17-,18+. The molecule has 5 rings (SSSR count). The minimum absolute atomic E-state index is 0.196. The number of halogens is 2. The Kier molecular flexibility index (Phi) is 7.21. The SMILES string of the molecule is C[C@@H]1C[C@H](C)CN(c2cccc(-c3ccc4cnc(CNC(=O)c5ccc(Cl)c(Br)c5)cc4n3)n2)C1. The Balaban J connectivity index is 1.34. The predicted molar refractivity (Wildman–Crippen MR) is 148 cm³/mol. The maximum Gasteiger partial charge on any atom is 0.251 e. The summed E-state index contributed by atoms with van der Waals surface area (Å²) < 4.78 is 0.680. The number of rotatable bonds is 5. The Bertz CT molecular complexity index is 1420. The van der Waals surface area contributed by atoms with E-state index in [1.165, 1.54) is 6.42 Å². The summed E-state index contributed by atoms with van der Waals surface area (Å²) in [6.07, 6.45) is 3.04. The number of benzene rings is 1. The van der Waals surface area contributed by atoms with Crippen molar-refractivity contribution in [2.45, 2.75) is 26.8 Å². The van der Waals surface area contributed by atoms with Gasteiger partial charge in [0.1, 0.15) is 5.82 Å². The molecular formula is C28H27BrClN5O. The number of fused-ring (bicyclic) bond motifs is 1. The topological polar surface area (TPSA) is 71.0 Å². The second-order valence-corrected chi connectivity index (χ2v) is 10.9. The number of aromatic nitrogens is 3. The van der Waals surface area contributed by atoms with E-state index in [9.17, 15) is 4.79 Å². The average Bonchev–Trinajstić information content (AvgIpc) is 2.88. The summed E-state index contributed by atoms with van der Waals surface area (Å²) in [4.78, 5) is 29.3. The van der Waals surface area contributed by atoms with Crippen LogP contribution in [0.3, 0.4) is 0 Å². The van der Waals surface area contributed by atoms with Crippen molar-refractivity contribution in [2.75, 3.05) is 18.0 Å². The molecular weight excluding hydrogens is 538 g/mol. The molecule has 184 valence electrons. The fraction of sp³-hybridized carbons (Fsp3) is 0.286. The van der Waals surface area contributed by atoms with Gasteiger partial charge in [-0.15, -0.1) is 0 Å². The zero-order valence-electron chi connectivity index (χ0n) is 20.2. The number of carbonyl (C=O) groups excluding carboxylic acids is 1. The number of nitrogens with zero attached hydrogens (tertiary/aromatic N) is 4. The highest BCUT2D eigenvalue weighted by atomic mass is 79.9. The molecule has 4 heterocycles. The van der Waals surface area contributed by atoms with Gasteiger partial charge in [-0.05, 0) is 82.7 Å². The van der Waals surface area contributed by atoms with Crippen LogP contribution in [0.2, 0.25) is 5.02 Å². The highest BCUT2D eigenvalue weighted by molar-refractivity contribution is 9.10. The molecule has 1 aliphatic rings. The summed E-state index contributed by atoms with van der Waals surface area (Å²) in [6.45, 7) is 6.96. The normalized spacial score (nSPS) is 17.8. The van der Waals surface area contributed by atoms with Gasteiger partial charge in [-0.3, -0.25) is 9.78 Å². The molecule has 6 nitrogen and oxygen atoms in total. The molecule has 1 amide bonds. The molecule has 4 aromatic rings. The number of anilines is 1. The van der Waals surface area contributed by atoms with Crippen LogP contribution in [0.1, 0.15) is 36.3 Å². The molecule has 0 bridgehead atoms. The first-order valence-electron chi connectivity index (χ1n) is 12.1. The van der Waals surface area contributed by atoms with E-state index in [2.05, 4.69) is 57.1 Å². The van der Waals surface area contributed by atoms with Gasteiger partial charge in [-0.25, -0.2) is 9.97 Å². The maximum absolute atomic E-state index is 12.6. The van der Waals surface area contributed by atoms with Crippen molar-refractivity contribution < 1.29 is 4.79 Å². The summed E-state index contributed by atoms with van der Waals surface area (Å²) in [6, 6.07) is 17.1. The molecule has 0 unspecified atom stereocenters. The number of piperidine rings is 1. The van der Waals surface area contributed by atoms with Crippen molar-refractivity contribution >= 4 is 50.2 Å². The van der Waals surface area contributed by atoms with Crippen molar-refractivity contribution in [3.05, 3.63) is 81.5 Å². The summed E-state index contributed by atoms with van der Waals surface area (Å²) in [5, 5.41) is 4.41. The smallest absolute Gasteiger partial charge is 0.251 e. The molecule has 1 saturated heterocycles. The number of hydrogen-bond donors (Lipinski definition) is 1. The van der Waals surface area contributed by atoms with E-state index < -0.39 is 0 Å². The maximum atomic E-state index is 12.6. The van der Waals surface area contributed by atoms with E-state index in [1.54, 1.807) is 24.4 Å². The summed E-state index contributed by atoms with van der Waals surface area (Å²) >= 11 is 9.38. The molecule has 0 spiro atoms. The molecule has 2 atom stereocenters. The van der Waals surface area contributed by atoms with Gasteiger partial charge in [0.25, 0.3) is 5.91 Å². The van der Waals surface area contributed by atoms with Gasteiger partial charge < -0.3 is 10.2 Å². The molecule has 1 aliphatic heterocycles. The van der Waals surface area contributed by atoms with E-state index in [0.717, 1.165) is 46.9 Å². The summed E-state index contributed by atoms with van der Waals surface area (Å²) in [5.41, 5.74) is 3.73. The fourth-order valence-electron chi connectivity index (χ4n) is 4.80. The van der Waals surface area contributed by atoms with Crippen molar-refractivity contribution in [1.29, 1.82) is 0 Å². The molecule has 1 aromatic carbocycles. The van der Waals surface area contributed by atoms with Crippen LogP contribution in [0.5, 0.6) is 0 Å². The van der Waals surface area contributed by atoms with Gasteiger partial charge in [-0.1, -0.05) is 31.5 Å². The van der Waals surface area contributed by atoms with Crippen LogP contribution in [0.25, 0.3) is 22.3 Å². The van der Waals surface area contributed by atoms with Crippen LogP contribution in [0.4, 0.5) is 5.82 Å². The van der Waals surface area contributed by atoms with Crippen LogP contribution in [-0.4, -0.2) is 33.9 Å². The van der Waals surface area contributed by atoms with Crippen molar-refractivity contribution in [3.8, 4) is 11.4 Å². The quantitative estimate of drug-likeness (QED) is 0.299. The molecule has 0 aliphatic carbocycles. The van der Waals surface area contributed by atoms with E-state index >= 15 is 0 Å². The Morgan fingerprint density at radius 1 is 1.06 bits per heavy atom. The van der Waals surface area contributed by atoms with Crippen LogP contribution < -0.4 is 10.2 Å². The fourth-order valence-corrected chi connectivity index (χ4v) is 5.30. The molecule has 3 aromatic heterocycles. The average molecular weight is 565 g/mol. The van der Waals surface area contributed by atoms with Crippen LogP contribution in [0, 0.1) is 11.8 Å². The molecule has 1 N–H and O–H groups in total. The lowest BCUT2D eigenvalue weighted by molar-refractivity contribution is 0.0950. The van der Waals surface area contributed by atoms with E-state index in [0.29, 0.717) is 33.4 Å². The largest absolute Gasteiger partial charge is 0.356 e. The third-order valence-electron chi connectivity index (χ3n) is 6.43. The summed E-state index contributed by atoms with van der Waals surface area (Å²) in [7, 11) is 0. The minimum atomic E-state index is -0.196. The van der Waals surface area contributed by atoms with E-state index in [-0.39, 0.29) is 5.91 Å². The zero-order valence-corrected chi connectivity index (χ0v) is 22.6. The van der Waals surface area contributed by atoms with Crippen LogP contribution in [0.15, 0.2) is 65.3 Å². The third kappa shape index (κ3) is 5.52. The second kappa shape index (κ2) is 10.5. The number of carbonyl (C=O) groups is 1. The molecule has 8 heteroatoms. The Morgan fingerprint density at radius 2 is 1.83 bits per heavy atom. The van der Waals surface area contributed by atoms with Gasteiger partial charge in [-0.2, -0.15) is 0 Å². The number of nitrogens with one attached hydrogen (secondary N) is 1. The van der Waals surface area contributed by atoms with E-state index in [1.807, 2.05) is 24.3 Å². The van der Waals surface area contributed by atoms with Crippen LogP contribution >= 0.6 is 27.5 Å². The highest BCUT2D eigenvalue weighted by Gasteiger charge is 2.23. The van der Waals surface area contributed by atoms with Crippen molar-refractivity contribution in [3.63, 3.8) is 0 Å². The minimum Gasteiger partial charge on any atom is -0.356 e. The number of hydrogen-bond acceptors (Lipinski definition) is 5. The van der Waals surface area contributed by atoms with Gasteiger partial charge in [0.15, 0.2) is 0 Å². The van der Waals surface area contributed by atoms with Gasteiger partial charge in [0.05, 0.1) is 34.2 Å². The molecule has 0 saturated carbocycles. The second-order valence-electron chi connectivity index (χ2n) is 9.61. The summed E-state index contributed by atoms with van der Waals surface area (Å²) in [5.74, 6) is 2.12. The lowest BCUT2D eigenvalue weighted by Crippen LogP contribution is -2.39. The zero-order chi connectivity index (χ0) is 25.2. The number of pyridine rings is 3. The van der Waals surface area contributed by atoms with Crippen molar-refractivity contribution in [1.82, 2.24) is 20.3 Å². The lowest BCUT2D eigenvalue weighted by Gasteiger charge is -2.35. The first-order valence-corrected chi connectivity index (χ1v) is 13.2. The van der Waals surface area contributed by atoms with Gasteiger partial charge in [0, 0.05) is 34.7 Å². The Labute approximate surface area is 224 Å². The lowest BCUT2D eigenvalue weighted by atomic mass is 9.92. The first-order chi connectivity index (χ1) is 17.4. The first kappa shape index (κ1) is 24.7. The predicted octanol–water partition coefficient (Wildman–Crippen LogP) is 6.52. The molecule has 1 fully saturated rings. The highest BCUT2D eigenvalue weighted by Crippen LogP contribution is 2.27. The molecule has 0 radical (unpaired) electrons.